The number of hydrogen-bond acceptors (Lipinski definition) is 7. The summed E-state index contributed by atoms with van der Waals surface area (Å²) in [4.78, 5) is 12.6. The molecule has 0 fully saturated rings. The van der Waals surface area contributed by atoms with E-state index in [4.69, 9.17) is 14.2 Å². The van der Waals surface area contributed by atoms with Crippen LogP contribution in [0.1, 0.15) is 23.1 Å². The second kappa shape index (κ2) is 7.91. The standard InChI is InChI=1S/C15H20N4O4S/c1-6-24-15-17-16-9(2)19(15)18-14(20)10-7-11(21-3)13(23-5)12(8-10)22-4/h7-8H,6H2,1-5H3,(H,18,20). The minimum atomic E-state index is -0.338. The first-order chi connectivity index (χ1) is 11.5. The first kappa shape index (κ1) is 17.9. The van der Waals surface area contributed by atoms with E-state index in [1.807, 2.05) is 6.92 Å². The van der Waals surface area contributed by atoms with Gasteiger partial charge in [0.05, 0.1) is 21.3 Å². The summed E-state index contributed by atoms with van der Waals surface area (Å²) in [6.07, 6.45) is 0. The van der Waals surface area contributed by atoms with E-state index >= 15 is 0 Å². The molecule has 0 atom stereocenters. The number of aromatic nitrogens is 3. The molecule has 0 radical (unpaired) electrons. The Morgan fingerprint density at radius 3 is 2.29 bits per heavy atom. The third-order valence-corrected chi connectivity index (χ3v) is 4.02. The minimum absolute atomic E-state index is 0.338. The molecule has 0 saturated heterocycles. The van der Waals surface area contributed by atoms with Crippen LogP contribution in [0.4, 0.5) is 0 Å². The van der Waals surface area contributed by atoms with Gasteiger partial charge in [-0.05, 0) is 24.8 Å². The van der Waals surface area contributed by atoms with Gasteiger partial charge in [-0.1, -0.05) is 18.7 Å². The van der Waals surface area contributed by atoms with E-state index in [1.165, 1.54) is 33.1 Å². The van der Waals surface area contributed by atoms with Crippen molar-refractivity contribution in [3.63, 3.8) is 0 Å². The number of aryl methyl sites for hydroxylation is 1. The zero-order chi connectivity index (χ0) is 17.7. The van der Waals surface area contributed by atoms with Crippen LogP contribution in [-0.2, 0) is 0 Å². The largest absolute Gasteiger partial charge is 0.493 e. The van der Waals surface area contributed by atoms with Crippen LogP contribution in [0.5, 0.6) is 17.2 Å². The third kappa shape index (κ3) is 3.56. The number of thioether (sulfide) groups is 1. The lowest BCUT2D eigenvalue weighted by Crippen LogP contribution is -2.24. The topological polar surface area (TPSA) is 87.5 Å². The molecular weight excluding hydrogens is 332 g/mol. The molecule has 1 heterocycles. The van der Waals surface area contributed by atoms with Gasteiger partial charge in [0, 0.05) is 5.56 Å². The molecule has 2 rings (SSSR count). The summed E-state index contributed by atoms with van der Waals surface area (Å²) in [6, 6.07) is 3.17. The van der Waals surface area contributed by atoms with Gasteiger partial charge >= 0.3 is 0 Å². The second-order valence-corrected chi connectivity index (χ2v) is 5.88. The average Bonchev–Trinajstić information content (AvgIpc) is 2.93. The Labute approximate surface area is 144 Å². The van der Waals surface area contributed by atoms with Crippen molar-refractivity contribution in [3.8, 4) is 17.2 Å². The molecule has 0 saturated carbocycles. The molecule has 24 heavy (non-hydrogen) atoms. The first-order valence-electron chi connectivity index (χ1n) is 7.21. The van der Waals surface area contributed by atoms with Crippen molar-refractivity contribution in [1.82, 2.24) is 14.9 Å². The first-order valence-corrected chi connectivity index (χ1v) is 8.20. The number of nitrogens with one attached hydrogen (secondary N) is 1. The van der Waals surface area contributed by atoms with E-state index in [2.05, 4.69) is 15.6 Å². The highest BCUT2D eigenvalue weighted by atomic mass is 32.2. The monoisotopic (exact) mass is 352 g/mol. The fourth-order valence-corrected chi connectivity index (χ4v) is 2.74. The number of amides is 1. The van der Waals surface area contributed by atoms with Gasteiger partial charge in [0.2, 0.25) is 10.9 Å². The molecule has 1 amide bonds. The van der Waals surface area contributed by atoms with Crippen LogP contribution in [0.3, 0.4) is 0 Å². The number of carbonyl (C=O) groups excluding carboxylic acids is 1. The Morgan fingerprint density at radius 1 is 1.17 bits per heavy atom. The summed E-state index contributed by atoms with van der Waals surface area (Å²) >= 11 is 1.49. The molecule has 0 aliphatic carbocycles. The van der Waals surface area contributed by atoms with Gasteiger partial charge < -0.3 is 14.2 Å². The third-order valence-electron chi connectivity index (χ3n) is 3.21. The number of nitrogens with zero attached hydrogens (tertiary/aromatic N) is 3. The van der Waals surface area contributed by atoms with Crippen molar-refractivity contribution < 1.29 is 19.0 Å². The maximum atomic E-state index is 12.6. The summed E-state index contributed by atoms with van der Waals surface area (Å²) in [5.41, 5.74) is 3.15. The van der Waals surface area contributed by atoms with Crippen molar-refractivity contribution in [1.29, 1.82) is 0 Å². The minimum Gasteiger partial charge on any atom is -0.493 e. The molecule has 0 bridgehead atoms. The Kier molecular flexibility index (Phi) is 5.91. The highest BCUT2D eigenvalue weighted by molar-refractivity contribution is 7.99. The van der Waals surface area contributed by atoms with Crippen LogP contribution in [0.15, 0.2) is 17.3 Å². The number of benzene rings is 1. The smallest absolute Gasteiger partial charge is 0.270 e. The molecule has 2 aromatic rings. The van der Waals surface area contributed by atoms with Crippen LogP contribution < -0.4 is 19.6 Å². The predicted octanol–water partition coefficient (Wildman–Crippen LogP) is 2.11. The van der Waals surface area contributed by atoms with Crippen molar-refractivity contribution in [2.45, 2.75) is 19.0 Å². The van der Waals surface area contributed by atoms with Gasteiger partial charge in [0.1, 0.15) is 5.82 Å². The Bertz CT molecular complexity index is 707. The van der Waals surface area contributed by atoms with E-state index in [9.17, 15) is 4.79 Å². The molecule has 0 aliphatic rings. The fourth-order valence-electron chi connectivity index (χ4n) is 2.07. The molecule has 130 valence electrons. The van der Waals surface area contributed by atoms with Crippen LogP contribution in [-0.4, -0.2) is 47.9 Å². The second-order valence-electron chi connectivity index (χ2n) is 4.65. The summed E-state index contributed by atoms with van der Waals surface area (Å²) in [5, 5.41) is 8.64. The molecule has 0 aliphatic heterocycles. The van der Waals surface area contributed by atoms with Crippen LogP contribution in [0.2, 0.25) is 0 Å². The number of methoxy groups -OCH3 is 3. The Balaban J connectivity index is 2.35. The predicted molar refractivity (Wildman–Crippen MR) is 90.9 cm³/mol. The van der Waals surface area contributed by atoms with Crippen molar-refractivity contribution >= 4 is 17.7 Å². The molecule has 0 spiro atoms. The van der Waals surface area contributed by atoms with E-state index in [0.717, 1.165) is 5.75 Å². The highest BCUT2D eigenvalue weighted by Crippen LogP contribution is 2.38. The maximum absolute atomic E-state index is 12.6. The number of carbonyl (C=O) groups is 1. The number of ether oxygens (including phenoxy) is 3. The molecule has 1 aromatic carbocycles. The maximum Gasteiger partial charge on any atom is 0.270 e. The van der Waals surface area contributed by atoms with Crippen LogP contribution in [0, 0.1) is 6.92 Å². The SMILES string of the molecule is CCSc1nnc(C)n1NC(=O)c1cc(OC)c(OC)c(OC)c1. The molecule has 9 heteroatoms. The number of rotatable bonds is 7. The lowest BCUT2D eigenvalue weighted by Gasteiger charge is -2.15. The average molecular weight is 352 g/mol. The number of hydrogen-bond donors (Lipinski definition) is 1. The lowest BCUT2D eigenvalue weighted by molar-refractivity contribution is 0.100. The lowest BCUT2D eigenvalue weighted by atomic mass is 10.1. The molecule has 8 nitrogen and oxygen atoms in total. The Hall–Kier alpha value is -2.42. The van der Waals surface area contributed by atoms with Gasteiger partial charge in [-0.15, -0.1) is 10.2 Å². The van der Waals surface area contributed by atoms with Gasteiger partial charge in [0.15, 0.2) is 11.5 Å². The van der Waals surface area contributed by atoms with Crippen molar-refractivity contribution in [2.75, 3.05) is 32.5 Å². The normalized spacial score (nSPS) is 10.4. The van der Waals surface area contributed by atoms with Gasteiger partial charge in [-0.25, -0.2) is 4.68 Å². The van der Waals surface area contributed by atoms with Crippen molar-refractivity contribution in [3.05, 3.63) is 23.5 Å². The fraction of sp³-hybridized carbons (Fsp3) is 0.400. The van der Waals surface area contributed by atoms with E-state index < -0.39 is 0 Å². The zero-order valence-electron chi connectivity index (χ0n) is 14.2. The molecule has 1 aromatic heterocycles. The van der Waals surface area contributed by atoms with E-state index in [1.54, 1.807) is 23.7 Å². The van der Waals surface area contributed by atoms with E-state index in [0.29, 0.717) is 33.8 Å². The van der Waals surface area contributed by atoms with Gasteiger partial charge in [-0.3, -0.25) is 10.2 Å². The summed E-state index contributed by atoms with van der Waals surface area (Å²) in [7, 11) is 4.51. The van der Waals surface area contributed by atoms with Crippen LogP contribution >= 0.6 is 11.8 Å². The van der Waals surface area contributed by atoms with E-state index in [-0.39, 0.29) is 5.91 Å². The summed E-state index contributed by atoms with van der Waals surface area (Å²) in [6.45, 7) is 3.77. The quantitative estimate of drug-likeness (QED) is 0.764. The van der Waals surface area contributed by atoms with Crippen molar-refractivity contribution in [2.24, 2.45) is 0 Å². The zero-order valence-corrected chi connectivity index (χ0v) is 15.1. The highest BCUT2D eigenvalue weighted by Gasteiger charge is 2.19. The molecule has 0 unspecified atom stereocenters. The summed E-state index contributed by atoms with van der Waals surface area (Å²) < 4.78 is 17.4. The molecular formula is C15H20N4O4S. The molecule has 1 N–H and O–H groups in total. The summed E-state index contributed by atoms with van der Waals surface area (Å²) in [5.74, 6) is 2.32. The van der Waals surface area contributed by atoms with Crippen LogP contribution in [0.25, 0.3) is 0 Å². The van der Waals surface area contributed by atoms with Gasteiger partial charge in [0.25, 0.3) is 5.91 Å². The Morgan fingerprint density at radius 2 is 1.79 bits per heavy atom. The van der Waals surface area contributed by atoms with Gasteiger partial charge in [-0.2, -0.15) is 0 Å².